The van der Waals surface area contributed by atoms with E-state index in [4.69, 9.17) is 11.6 Å². The Bertz CT molecular complexity index is 540. The molecule has 0 bridgehead atoms. The number of nitrogens with zero attached hydrogens (tertiary/aromatic N) is 1. The first-order valence-electron chi connectivity index (χ1n) is 4.86. The highest BCUT2D eigenvalue weighted by Crippen LogP contribution is 2.15. The van der Waals surface area contributed by atoms with Gasteiger partial charge in [-0.3, -0.25) is 9.78 Å². The molecule has 4 nitrogen and oxygen atoms in total. The van der Waals surface area contributed by atoms with Gasteiger partial charge in [0, 0.05) is 16.9 Å². The molecule has 2 N–H and O–H groups in total. The fourth-order valence-electron chi connectivity index (χ4n) is 1.29. The van der Waals surface area contributed by atoms with Crippen LogP contribution in [-0.4, -0.2) is 16.0 Å². The highest BCUT2D eigenvalue weighted by Gasteiger charge is 2.07. The predicted molar refractivity (Wildman–Crippen MR) is 65.3 cm³/mol. The van der Waals surface area contributed by atoms with Crippen molar-refractivity contribution in [3.8, 4) is 5.75 Å². The van der Waals surface area contributed by atoms with Gasteiger partial charge in [0.15, 0.2) is 0 Å². The van der Waals surface area contributed by atoms with Crippen molar-refractivity contribution >= 4 is 23.2 Å². The van der Waals surface area contributed by atoms with Gasteiger partial charge < -0.3 is 10.4 Å². The number of aromatic nitrogens is 1. The number of rotatable bonds is 2. The fraction of sp³-hybridized carbons (Fsp3) is 0. The van der Waals surface area contributed by atoms with Crippen molar-refractivity contribution in [3.63, 3.8) is 0 Å². The van der Waals surface area contributed by atoms with E-state index >= 15 is 0 Å². The second kappa shape index (κ2) is 4.84. The van der Waals surface area contributed by atoms with Crippen LogP contribution in [0, 0.1) is 0 Å². The van der Waals surface area contributed by atoms with Crippen LogP contribution in [-0.2, 0) is 0 Å². The van der Waals surface area contributed by atoms with E-state index in [0.717, 1.165) is 0 Å². The zero-order valence-electron chi connectivity index (χ0n) is 8.72. The van der Waals surface area contributed by atoms with Crippen LogP contribution in [0.15, 0.2) is 42.7 Å². The number of nitrogens with one attached hydrogen (secondary N) is 1. The van der Waals surface area contributed by atoms with Gasteiger partial charge in [0.05, 0.1) is 11.8 Å². The summed E-state index contributed by atoms with van der Waals surface area (Å²) in [5, 5.41) is 12.5. The molecule has 0 radical (unpaired) electrons. The maximum Gasteiger partial charge on any atom is 0.257 e. The van der Waals surface area contributed by atoms with E-state index in [0.29, 0.717) is 16.3 Å². The van der Waals surface area contributed by atoms with Crippen molar-refractivity contribution in [3.05, 3.63) is 53.3 Å². The second-order valence-corrected chi connectivity index (χ2v) is 3.83. The van der Waals surface area contributed by atoms with Crippen LogP contribution in [0.3, 0.4) is 0 Å². The number of benzene rings is 1. The quantitative estimate of drug-likeness (QED) is 0.859. The second-order valence-electron chi connectivity index (χ2n) is 3.39. The van der Waals surface area contributed by atoms with Crippen molar-refractivity contribution in [2.45, 2.75) is 0 Å². The number of carbonyl (C=O) groups excluding carboxylic acids is 1. The molecule has 2 aromatic rings. The number of pyridine rings is 1. The molecule has 2 rings (SSSR count). The molecule has 5 heteroatoms. The Kier molecular flexibility index (Phi) is 3.25. The molecule has 0 aliphatic carbocycles. The molecule has 1 amide bonds. The van der Waals surface area contributed by atoms with Gasteiger partial charge in [-0.2, -0.15) is 0 Å². The van der Waals surface area contributed by atoms with Crippen molar-refractivity contribution in [2.24, 2.45) is 0 Å². The van der Waals surface area contributed by atoms with Gasteiger partial charge in [0.1, 0.15) is 5.75 Å². The molecule has 0 aliphatic rings. The van der Waals surface area contributed by atoms with Gasteiger partial charge in [-0.1, -0.05) is 11.6 Å². The summed E-state index contributed by atoms with van der Waals surface area (Å²) < 4.78 is 0. The van der Waals surface area contributed by atoms with Crippen LogP contribution in [0.4, 0.5) is 5.69 Å². The Balaban J connectivity index is 2.14. The molecule has 0 saturated carbocycles. The predicted octanol–water partition coefficient (Wildman–Crippen LogP) is 2.69. The lowest BCUT2D eigenvalue weighted by molar-refractivity contribution is 0.102. The maximum atomic E-state index is 11.8. The minimum atomic E-state index is -0.337. The third kappa shape index (κ3) is 2.95. The summed E-state index contributed by atoms with van der Waals surface area (Å²) in [5.41, 5.74) is 0.919. The fourth-order valence-corrected chi connectivity index (χ4v) is 1.41. The van der Waals surface area contributed by atoms with Gasteiger partial charge in [-0.05, 0) is 30.3 Å². The molecule has 1 heterocycles. The molecule has 86 valence electrons. The van der Waals surface area contributed by atoms with Gasteiger partial charge in [-0.25, -0.2) is 0 Å². The summed E-state index contributed by atoms with van der Waals surface area (Å²) in [4.78, 5) is 15.5. The van der Waals surface area contributed by atoms with E-state index < -0.39 is 0 Å². The van der Waals surface area contributed by atoms with Crippen LogP contribution < -0.4 is 5.32 Å². The Morgan fingerprint density at radius 1 is 1.24 bits per heavy atom. The zero-order valence-corrected chi connectivity index (χ0v) is 9.48. The summed E-state index contributed by atoms with van der Waals surface area (Å²) in [7, 11) is 0. The van der Waals surface area contributed by atoms with Crippen LogP contribution >= 0.6 is 11.6 Å². The highest BCUT2D eigenvalue weighted by atomic mass is 35.5. The molecule has 0 unspecified atom stereocenters. The molecular weight excluding hydrogens is 240 g/mol. The Labute approximate surface area is 103 Å². The first kappa shape index (κ1) is 11.4. The standard InChI is InChI=1S/C12H9ClN2O2/c13-9-1-3-10(4-2-9)15-12(17)8-5-11(16)7-14-6-8/h1-7,16H,(H,15,17). The van der Waals surface area contributed by atoms with E-state index in [-0.39, 0.29) is 11.7 Å². The number of anilines is 1. The van der Waals surface area contributed by atoms with Gasteiger partial charge in [0.25, 0.3) is 5.91 Å². The first-order chi connectivity index (χ1) is 8.15. The normalized spacial score (nSPS) is 9.94. The molecule has 0 aliphatic heterocycles. The lowest BCUT2D eigenvalue weighted by atomic mass is 10.2. The Morgan fingerprint density at radius 2 is 1.94 bits per heavy atom. The minimum absolute atomic E-state index is 0.0474. The minimum Gasteiger partial charge on any atom is -0.506 e. The smallest absolute Gasteiger partial charge is 0.257 e. The third-order valence-corrected chi connectivity index (χ3v) is 2.34. The first-order valence-corrected chi connectivity index (χ1v) is 5.24. The lowest BCUT2D eigenvalue weighted by Gasteiger charge is -2.05. The van der Waals surface area contributed by atoms with Crippen molar-refractivity contribution in [2.75, 3.05) is 5.32 Å². The molecule has 0 fully saturated rings. The van der Waals surface area contributed by atoms with E-state index in [1.54, 1.807) is 24.3 Å². The highest BCUT2D eigenvalue weighted by molar-refractivity contribution is 6.30. The largest absolute Gasteiger partial charge is 0.506 e. The van der Waals surface area contributed by atoms with Crippen LogP contribution in [0.1, 0.15) is 10.4 Å². The van der Waals surface area contributed by atoms with Crippen molar-refractivity contribution in [1.29, 1.82) is 0 Å². The summed E-state index contributed by atoms with van der Waals surface area (Å²) in [6, 6.07) is 8.08. The average Bonchev–Trinajstić information content (AvgIpc) is 2.32. The van der Waals surface area contributed by atoms with Gasteiger partial charge in [0.2, 0.25) is 0 Å². The van der Waals surface area contributed by atoms with Gasteiger partial charge in [-0.15, -0.1) is 0 Å². The van der Waals surface area contributed by atoms with Crippen LogP contribution in [0.25, 0.3) is 0 Å². The van der Waals surface area contributed by atoms with Crippen LogP contribution in [0.5, 0.6) is 5.75 Å². The van der Waals surface area contributed by atoms with Crippen molar-refractivity contribution < 1.29 is 9.90 Å². The molecule has 0 atom stereocenters. The SMILES string of the molecule is O=C(Nc1ccc(Cl)cc1)c1cncc(O)c1. The molecule has 0 spiro atoms. The summed E-state index contributed by atoms with van der Waals surface area (Å²) in [6.45, 7) is 0. The molecule has 1 aromatic carbocycles. The number of aromatic hydroxyl groups is 1. The third-order valence-electron chi connectivity index (χ3n) is 2.09. The number of amides is 1. The van der Waals surface area contributed by atoms with Crippen molar-refractivity contribution in [1.82, 2.24) is 4.98 Å². The maximum absolute atomic E-state index is 11.8. The van der Waals surface area contributed by atoms with E-state index in [1.165, 1.54) is 18.5 Å². The number of halogens is 1. The number of hydrogen-bond donors (Lipinski definition) is 2. The lowest BCUT2D eigenvalue weighted by Crippen LogP contribution is -2.11. The average molecular weight is 249 g/mol. The number of hydrogen-bond acceptors (Lipinski definition) is 3. The molecule has 17 heavy (non-hydrogen) atoms. The topological polar surface area (TPSA) is 62.2 Å². The monoisotopic (exact) mass is 248 g/mol. The van der Waals surface area contributed by atoms with Crippen LogP contribution in [0.2, 0.25) is 5.02 Å². The summed E-state index contributed by atoms with van der Waals surface area (Å²) in [6.07, 6.45) is 2.64. The molecule has 1 aromatic heterocycles. The van der Waals surface area contributed by atoms with Gasteiger partial charge >= 0.3 is 0 Å². The number of carbonyl (C=O) groups is 1. The Morgan fingerprint density at radius 3 is 2.59 bits per heavy atom. The zero-order chi connectivity index (χ0) is 12.3. The summed E-state index contributed by atoms with van der Waals surface area (Å²) >= 11 is 5.73. The van der Waals surface area contributed by atoms with E-state index in [1.807, 2.05) is 0 Å². The summed E-state index contributed by atoms with van der Waals surface area (Å²) in [5.74, 6) is -0.385. The molecule has 0 saturated heterocycles. The van der Waals surface area contributed by atoms with E-state index in [9.17, 15) is 9.90 Å². The molecular formula is C12H9ClN2O2. The van der Waals surface area contributed by atoms with E-state index in [2.05, 4.69) is 10.3 Å². The Hall–Kier alpha value is -2.07.